The Labute approximate surface area is 168 Å². The minimum atomic E-state index is -0.339. The Bertz CT molecular complexity index is 1080. The van der Waals surface area contributed by atoms with E-state index in [-0.39, 0.29) is 29.7 Å². The lowest BCUT2D eigenvalue weighted by molar-refractivity contribution is -0.121. The van der Waals surface area contributed by atoms with E-state index in [2.05, 4.69) is 31.9 Å². The third-order valence-corrected chi connectivity index (χ3v) is 5.26. The van der Waals surface area contributed by atoms with E-state index in [4.69, 9.17) is 0 Å². The highest BCUT2D eigenvalue weighted by atomic mass is 16.2. The summed E-state index contributed by atoms with van der Waals surface area (Å²) < 4.78 is 0. The Morgan fingerprint density at radius 2 is 1.69 bits per heavy atom. The number of carbonyl (C=O) groups is 2. The molecule has 1 aliphatic rings. The maximum absolute atomic E-state index is 12.4. The molecule has 0 atom stereocenters. The van der Waals surface area contributed by atoms with Crippen LogP contribution in [0.25, 0.3) is 11.0 Å². The number of nitrogens with zero attached hydrogens (tertiary/aromatic N) is 3. The van der Waals surface area contributed by atoms with Crippen molar-refractivity contribution >= 4 is 22.8 Å². The molecule has 2 aromatic carbocycles. The number of hydrogen-bond donors (Lipinski definition) is 2. The van der Waals surface area contributed by atoms with Gasteiger partial charge in [-0.15, -0.1) is 10.2 Å². The Hall–Kier alpha value is -3.35. The van der Waals surface area contributed by atoms with Crippen molar-refractivity contribution < 1.29 is 9.59 Å². The molecule has 0 spiro atoms. The summed E-state index contributed by atoms with van der Waals surface area (Å²) >= 11 is 0. The van der Waals surface area contributed by atoms with Crippen LogP contribution in [0.4, 0.5) is 0 Å². The molecule has 3 aromatic rings. The molecular formula is C22H23N5O2. The van der Waals surface area contributed by atoms with Gasteiger partial charge >= 0.3 is 0 Å². The minimum Gasteiger partial charge on any atom is -0.353 e. The van der Waals surface area contributed by atoms with Crippen LogP contribution in [0.15, 0.2) is 42.5 Å². The summed E-state index contributed by atoms with van der Waals surface area (Å²) in [7, 11) is 0. The highest BCUT2D eigenvalue weighted by Gasteiger charge is 2.32. The summed E-state index contributed by atoms with van der Waals surface area (Å²) in [6.07, 6.45) is 1.77. The van der Waals surface area contributed by atoms with Gasteiger partial charge in [-0.05, 0) is 49.9 Å². The van der Waals surface area contributed by atoms with E-state index >= 15 is 0 Å². The van der Waals surface area contributed by atoms with Gasteiger partial charge in [0, 0.05) is 12.1 Å². The lowest BCUT2D eigenvalue weighted by Gasteiger charge is -2.36. The van der Waals surface area contributed by atoms with Gasteiger partial charge < -0.3 is 10.6 Å². The van der Waals surface area contributed by atoms with Crippen molar-refractivity contribution in [2.45, 2.75) is 45.2 Å². The number of aromatic nitrogens is 3. The molecule has 1 aromatic heterocycles. The molecule has 0 radical (unpaired) electrons. The predicted molar refractivity (Wildman–Crippen MR) is 109 cm³/mol. The monoisotopic (exact) mass is 389 g/mol. The van der Waals surface area contributed by atoms with Crippen LogP contribution in [0, 0.1) is 13.8 Å². The average molecular weight is 389 g/mol. The van der Waals surface area contributed by atoms with Crippen molar-refractivity contribution in [3.05, 3.63) is 65.0 Å². The third kappa shape index (κ3) is 4.39. The average Bonchev–Trinajstić information content (AvgIpc) is 2.68. The first-order valence-corrected chi connectivity index (χ1v) is 9.74. The Kier molecular flexibility index (Phi) is 5.20. The van der Waals surface area contributed by atoms with Gasteiger partial charge in [0.1, 0.15) is 5.52 Å². The molecule has 0 aliphatic heterocycles. The Balaban J connectivity index is 1.26. The van der Waals surface area contributed by atoms with Gasteiger partial charge in [-0.3, -0.25) is 9.59 Å². The van der Waals surface area contributed by atoms with Crippen LogP contribution in [0.5, 0.6) is 0 Å². The molecule has 0 saturated heterocycles. The molecule has 29 heavy (non-hydrogen) atoms. The molecule has 0 unspecified atom stereocenters. The molecule has 1 saturated carbocycles. The van der Waals surface area contributed by atoms with Crippen LogP contribution in [0.2, 0.25) is 0 Å². The van der Waals surface area contributed by atoms with E-state index in [0.29, 0.717) is 30.3 Å². The summed E-state index contributed by atoms with van der Waals surface area (Å²) in [4.78, 5) is 29.0. The molecule has 7 heteroatoms. The molecule has 148 valence electrons. The van der Waals surface area contributed by atoms with Gasteiger partial charge in [-0.2, -0.15) is 0 Å². The first kappa shape index (κ1) is 19.0. The highest BCUT2D eigenvalue weighted by molar-refractivity contribution is 5.92. The number of para-hydroxylation sites is 1. The lowest BCUT2D eigenvalue weighted by Crippen LogP contribution is -2.54. The highest BCUT2D eigenvalue weighted by Crippen LogP contribution is 2.21. The van der Waals surface area contributed by atoms with Gasteiger partial charge in [-0.1, -0.05) is 35.9 Å². The van der Waals surface area contributed by atoms with E-state index in [9.17, 15) is 9.59 Å². The largest absolute Gasteiger partial charge is 0.353 e. The van der Waals surface area contributed by atoms with Crippen molar-refractivity contribution in [2.24, 2.45) is 0 Å². The molecule has 1 fully saturated rings. The fourth-order valence-electron chi connectivity index (χ4n) is 3.52. The second kappa shape index (κ2) is 7.95. The molecule has 4 rings (SSSR count). The maximum atomic E-state index is 12.4. The van der Waals surface area contributed by atoms with Crippen LogP contribution >= 0.6 is 0 Å². The van der Waals surface area contributed by atoms with Gasteiger partial charge in [0.15, 0.2) is 0 Å². The number of amides is 2. The predicted octanol–water partition coefficient (Wildman–Crippen LogP) is 2.26. The van der Waals surface area contributed by atoms with Crippen molar-refractivity contribution in [1.29, 1.82) is 0 Å². The zero-order valence-corrected chi connectivity index (χ0v) is 16.5. The zero-order chi connectivity index (χ0) is 20.4. The minimum absolute atomic E-state index is 0.00331. The van der Waals surface area contributed by atoms with Crippen molar-refractivity contribution in [2.75, 3.05) is 0 Å². The quantitative estimate of drug-likeness (QED) is 0.698. The smallest absolute Gasteiger partial charge is 0.291 e. The molecule has 2 amide bonds. The number of aryl methyl sites for hydroxylation is 2. The SMILES string of the molecule is Cc1ccc(C)c(CC(=O)NC2CC(NC(=O)c3nnc4ccccc4n3)C2)c1. The van der Waals surface area contributed by atoms with E-state index in [1.54, 1.807) is 12.1 Å². The van der Waals surface area contributed by atoms with Crippen molar-refractivity contribution in [1.82, 2.24) is 25.8 Å². The molecule has 1 aliphatic carbocycles. The first-order chi connectivity index (χ1) is 14.0. The number of rotatable bonds is 5. The van der Waals surface area contributed by atoms with Crippen LogP contribution in [0.3, 0.4) is 0 Å². The number of hydrogen-bond acceptors (Lipinski definition) is 5. The number of benzene rings is 2. The van der Waals surface area contributed by atoms with E-state index in [1.165, 1.54) is 0 Å². The summed E-state index contributed by atoms with van der Waals surface area (Å²) in [5.74, 6) is -0.268. The van der Waals surface area contributed by atoms with Gasteiger partial charge in [0.25, 0.3) is 5.91 Å². The van der Waals surface area contributed by atoms with E-state index in [1.807, 2.05) is 38.1 Å². The van der Waals surface area contributed by atoms with E-state index < -0.39 is 0 Å². The van der Waals surface area contributed by atoms with Crippen molar-refractivity contribution in [3.8, 4) is 0 Å². The van der Waals surface area contributed by atoms with Gasteiger partial charge in [0.2, 0.25) is 11.7 Å². The molecule has 7 nitrogen and oxygen atoms in total. The molecule has 0 bridgehead atoms. The lowest BCUT2D eigenvalue weighted by atomic mass is 9.86. The maximum Gasteiger partial charge on any atom is 0.291 e. The normalized spacial score (nSPS) is 18.1. The third-order valence-electron chi connectivity index (χ3n) is 5.26. The van der Waals surface area contributed by atoms with Crippen molar-refractivity contribution in [3.63, 3.8) is 0 Å². The molecule has 1 heterocycles. The number of carbonyl (C=O) groups excluding carboxylic acids is 2. The number of fused-ring (bicyclic) bond motifs is 1. The van der Waals surface area contributed by atoms with Gasteiger partial charge in [0.05, 0.1) is 11.9 Å². The zero-order valence-electron chi connectivity index (χ0n) is 16.5. The van der Waals surface area contributed by atoms with Crippen LogP contribution in [0.1, 0.15) is 40.2 Å². The summed E-state index contributed by atoms with van der Waals surface area (Å²) in [5, 5.41) is 13.9. The Morgan fingerprint density at radius 1 is 0.966 bits per heavy atom. The summed E-state index contributed by atoms with van der Waals surface area (Å²) in [5.41, 5.74) is 4.61. The van der Waals surface area contributed by atoms with Crippen LogP contribution in [-0.2, 0) is 11.2 Å². The van der Waals surface area contributed by atoms with Crippen LogP contribution in [-0.4, -0.2) is 39.1 Å². The van der Waals surface area contributed by atoms with Gasteiger partial charge in [-0.25, -0.2) is 4.98 Å². The van der Waals surface area contributed by atoms with Crippen LogP contribution < -0.4 is 10.6 Å². The topological polar surface area (TPSA) is 96.9 Å². The Morgan fingerprint density at radius 3 is 2.48 bits per heavy atom. The summed E-state index contributed by atoms with van der Waals surface area (Å²) in [6.45, 7) is 4.04. The fourth-order valence-corrected chi connectivity index (χ4v) is 3.52. The second-order valence-corrected chi connectivity index (χ2v) is 7.64. The number of nitrogens with one attached hydrogen (secondary N) is 2. The molecule has 2 N–H and O–H groups in total. The standard InChI is InChI=1S/C22H23N5O2/c1-13-7-8-14(2)15(9-13)10-20(28)23-16-11-17(12-16)24-22(29)21-25-18-5-3-4-6-19(18)26-27-21/h3-9,16-17H,10-12H2,1-2H3,(H,23,28)(H,24,29). The second-order valence-electron chi connectivity index (χ2n) is 7.64. The summed E-state index contributed by atoms with van der Waals surface area (Å²) in [6, 6.07) is 13.5. The fraction of sp³-hybridized carbons (Fsp3) is 0.318. The van der Waals surface area contributed by atoms with E-state index in [0.717, 1.165) is 16.7 Å². The first-order valence-electron chi connectivity index (χ1n) is 9.74. The molecular weight excluding hydrogens is 366 g/mol.